The Morgan fingerprint density at radius 3 is 2.08 bits per heavy atom. The number of hydrogen-bond donors (Lipinski definition) is 1. The van der Waals surface area contributed by atoms with Gasteiger partial charge in [-0.2, -0.15) is 0 Å². The summed E-state index contributed by atoms with van der Waals surface area (Å²) in [6.07, 6.45) is 0.812. The van der Waals surface area contributed by atoms with Gasteiger partial charge < -0.3 is 10.5 Å². The van der Waals surface area contributed by atoms with Crippen LogP contribution in [0.5, 0.6) is 0 Å². The first-order valence-corrected chi connectivity index (χ1v) is 4.32. The second-order valence-corrected chi connectivity index (χ2v) is 3.84. The van der Waals surface area contributed by atoms with E-state index in [9.17, 15) is 8.78 Å². The van der Waals surface area contributed by atoms with Crippen molar-refractivity contribution in [2.75, 3.05) is 13.2 Å². The topological polar surface area (TPSA) is 35.2 Å². The Morgan fingerprint density at radius 1 is 1.15 bits per heavy atom. The summed E-state index contributed by atoms with van der Waals surface area (Å²) in [6.45, 7) is 0.356. The van der Waals surface area contributed by atoms with Gasteiger partial charge in [-0.25, -0.2) is 8.78 Å². The van der Waals surface area contributed by atoms with Crippen molar-refractivity contribution in [1.29, 1.82) is 0 Å². The van der Waals surface area contributed by atoms with Crippen molar-refractivity contribution in [3.63, 3.8) is 0 Å². The highest BCUT2D eigenvalue weighted by molar-refractivity contribution is 5.85. The fraction of sp³-hybridized carbons (Fsp3) is 1.00. The molecule has 1 aliphatic carbocycles. The third kappa shape index (κ3) is 1.80. The van der Waals surface area contributed by atoms with Crippen molar-refractivity contribution >= 4 is 12.4 Å². The molecule has 2 atom stereocenters. The van der Waals surface area contributed by atoms with Gasteiger partial charge in [0, 0.05) is 17.9 Å². The van der Waals surface area contributed by atoms with Crippen LogP contribution in [0, 0.1) is 11.8 Å². The number of ether oxygens (including phenoxy) is 1. The molecule has 78 valence electrons. The average Bonchev–Trinajstić information content (AvgIpc) is 1.92. The predicted octanol–water partition coefficient (Wildman–Crippen LogP) is 1.43. The molecule has 2 N–H and O–H groups in total. The van der Waals surface area contributed by atoms with Gasteiger partial charge in [-0.05, 0) is 12.8 Å². The average molecular weight is 214 g/mol. The fourth-order valence-electron chi connectivity index (χ4n) is 2.19. The van der Waals surface area contributed by atoms with E-state index >= 15 is 0 Å². The van der Waals surface area contributed by atoms with Crippen LogP contribution in [0.4, 0.5) is 8.78 Å². The molecule has 2 rings (SSSR count). The Kier molecular flexibility index (Phi) is 3.15. The Balaban J connectivity index is 0.000000845. The highest BCUT2D eigenvalue weighted by Gasteiger charge is 2.53. The van der Waals surface area contributed by atoms with Gasteiger partial charge in [0.05, 0.1) is 13.2 Å². The first-order chi connectivity index (χ1) is 5.60. The Hall–Kier alpha value is 0.0700. The molecule has 0 amide bonds. The minimum Gasteiger partial charge on any atom is -0.380 e. The molecule has 2 bridgehead atoms. The lowest BCUT2D eigenvalue weighted by atomic mass is 9.74. The summed E-state index contributed by atoms with van der Waals surface area (Å²) in [6, 6.07) is -0.0523. The largest absolute Gasteiger partial charge is 0.380 e. The Labute approximate surface area is 82.2 Å². The quantitative estimate of drug-likeness (QED) is 0.661. The highest BCUT2D eigenvalue weighted by atomic mass is 35.5. The van der Waals surface area contributed by atoms with Gasteiger partial charge in [0.1, 0.15) is 0 Å². The lowest BCUT2D eigenvalue weighted by Crippen LogP contribution is -2.54. The van der Waals surface area contributed by atoms with E-state index in [1.165, 1.54) is 0 Å². The van der Waals surface area contributed by atoms with Crippen LogP contribution in [0.2, 0.25) is 0 Å². The normalized spacial score (nSPS) is 42.2. The Morgan fingerprint density at radius 2 is 1.62 bits per heavy atom. The van der Waals surface area contributed by atoms with Crippen LogP contribution in [-0.4, -0.2) is 25.2 Å². The molecule has 5 heteroatoms. The molecule has 1 aliphatic heterocycles. The van der Waals surface area contributed by atoms with Gasteiger partial charge >= 0.3 is 0 Å². The summed E-state index contributed by atoms with van der Waals surface area (Å²) in [5.74, 6) is -3.81. The lowest BCUT2D eigenvalue weighted by molar-refractivity contribution is -0.206. The van der Waals surface area contributed by atoms with E-state index in [-0.39, 0.29) is 31.7 Å². The SMILES string of the molecule is Cl.NC1CC2COCC(C1)C2(F)F. The van der Waals surface area contributed by atoms with Crippen molar-refractivity contribution in [2.24, 2.45) is 17.6 Å². The molecule has 0 aromatic carbocycles. The second kappa shape index (κ2) is 3.67. The first-order valence-electron chi connectivity index (χ1n) is 4.32. The molecule has 0 spiro atoms. The van der Waals surface area contributed by atoms with Gasteiger partial charge in [0.25, 0.3) is 5.92 Å². The Bertz CT molecular complexity index is 175. The minimum atomic E-state index is -2.53. The molecular weight excluding hydrogens is 200 g/mol. The zero-order chi connectivity index (χ0) is 8.77. The van der Waals surface area contributed by atoms with Crippen LogP contribution in [0.25, 0.3) is 0 Å². The molecule has 1 heterocycles. The number of halogens is 3. The molecule has 2 fully saturated rings. The molecule has 13 heavy (non-hydrogen) atoms. The second-order valence-electron chi connectivity index (χ2n) is 3.84. The number of alkyl halides is 2. The van der Waals surface area contributed by atoms with Crippen LogP contribution in [-0.2, 0) is 4.74 Å². The smallest absolute Gasteiger partial charge is 0.258 e. The molecular formula is C8H14ClF2NO. The van der Waals surface area contributed by atoms with E-state index in [4.69, 9.17) is 10.5 Å². The molecule has 0 aromatic rings. The van der Waals surface area contributed by atoms with E-state index in [0.29, 0.717) is 12.8 Å². The van der Waals surface area contributed by atoms with Crippen molar-refractivity contribution < 1.29 is 13.5 Å². The third-order valence-corrected chi connectivity index (χ3v) is 2.90. The van der Waals surface area contributed by atoms with Crippen LogP contribution >= 0.6 is 12.4 Å². The highest BCUT2D eigenvalue weighted by Crippen LogP contribution is 2.45. The van der Waals surface area contributed by atoms with E-state index in [1.54, 1.807) is 0 Å². The first kappa shape index (κ1) is 11.1. The maximum absolute atomic E-state index is 13.4. The fourth-order valence-corrected chi connectivity index (χ4v) is 2.19. The summed E-state index contributed by atoms with van der Waals surface area (Å²) < 4.78 is 31.8. The van der Waals surface area contributed by atoms with Gasteiger partial charge in [-0.3, -0.25) is 0 Å². The maximum atomic E-state index is 13.4. The predicted molar refractivity (Wildman–Crippen MR) is 47.2 cm³/mol. The van der Waals surface area contributed by atoms with E-state index in [0.717, 1.165) is 0 Å². The number of fused-ring (bicyclic) bond motifs is 2. The molecule has 2 aliphatic rings. The van der Waals surface area contributed by atoms with Gasteiger partial charge in [-0.15, -0.1) is 12.4 Å². The number of rotatable bonds is 0. The third-order valence-electron chi connectivity index (χ3n) is 2.90. The maximum Gasteiger partial charge on any atom is 0.258 e. The molecule has 2 unspecified atom stereocenters. The van der Waals surface area contributed by atoms with Gasteiger partial charge in [0.2, 0.25) is 0 Å². The standard InChI is InChI=1S/C8H13F2NO.ClH/c9-8(10)5-1-7(11)2-6(8)4-12-3-5;/h5-7H,1-4,11H2;1H. The molecule has 1 saturated heterocycles. The number of hydrogen-bond acceptors (Lipinski definition) is 2. The van der Waals surface area contributed by atoms with Gasteiger partial charge in [0.15, 0.2) is 0 Å². The monoisotopic (exact) mass is 213 g/mol. The van der Waals surface area contributed by atoms with Crippen molar-refractivity contribution in [2.45, 2.75) is 24.8 Å². The molecule has 0 aromatic heterocycles. The zero-order valence-corrected chi connectivity index (χ0v) is 8.03. The summed E-state index contributed by atoms with van der Waals surface area (Å²) in [5.41, 5.74) is 5.66. The zero-order valence-electron chi connectivity index (χ0n) is 7.21. The summed E-state index contributed by atoms with van der Waals surface area (Å²) in [7, 11) is 0. The molecule has 1 saturated carbocycles. The van der Waals surface area contributed by atoms with E-state index in [2.05, 4.69) is 0 Å². The summed E-state index contributed by atoms with van der Waals surface area (Å²) in [4.78, 5) is 0. The number of nitrogens with two attached hydrogens (primary N) is 1. The van der Waals surface area contributed by atoms with Crippen LogP contribution in [0.3, 0.4) is 0 Å². The lowest BCUT2D eigenvalue weighted by Gasteiger charge is -2.44. The van der Waals surface area contributed by atoms with Crippen molar-refractivity contribution in [3.05, 3.63) is 0 Å². The van der Waals surface area contributed by atoms with E-state index < -0.39 is 17.8 Å². The summed E-state index contributed by atoms with van der Waals surface area (Å²) in [5, 5.41) is 0. The summed E-state index contributed by atoms with van der Waals surface area (Å²) >= 11 is 0. The minimum absolute atomic E-state index is 0. The van der Waals surface area contributed by atoms with Crippen LogP contribution in [0.15, 0.2) is 0 Å². The van der Waals surface area contributed by atoms with E-state index in [1.807, 2.05) is 0 Å². The van der Waals surface area contributed by atoms with Crippen LogP contribution in [0.1, 0.15) is 12.8 Å². The molecule has 2 nitrogen and oxygen atoms in total. The van der Waals surface area contributed by atoms with Crippen molar-refractivity contribution in [1.82, 2.24) is 0 Å². The van der Waals surface area contributed by atoms with Gasteiger partial charge in [-0.1, -0.05) is 0 Å². The molecule has 0 radical (unpaired) electrons. The van der Waals surface area contributed by atoms with Crippen molar-refractivity contribution in [3.8, 4) is 0 Å². The van der Waals surface area contributed by atoms with Crippen LogP contribution < -0.4 is 5.73 Å².